The lowest BCUT2D eigenvalue weighted by molar-refractivity contribution is -0.142. The van der Waals surface area contributed by atoms with Crippen LogP contribution < -0.4 is 15.4 Å². The van der Waals surface area contributed by atoms with Gasteiger partial charge in [-0.15, -0.1) is 5.10 Å². The Bertz CT molecular complexity index is 1300. The van der Waals surface area contributed by atoms with Crippen LogP contribution in [0.15, 0.2) is 24.4 Å². The Labute approximate surface area is 210 Å². The van der Waals surface area contributed by atoms with Gasteiger partial charge >= 0.3 is 18.4 Å². The van der Waals surface area contributed by atoms with Crippen LogP contribution in [0.4, 0.5) is 36.8 Å². The predicted molar refractivity (Wildman–Crippen MR) is 118 cm³/mol. The lowest BCUT2D eigenvalue weighted by Crippen LogP contribution is -2.29. The number of alkyl halides is 6. The number of aromatic nitrogens is 5. The molecule has 2 amide bonds. The average Bonchev–Trinajstić information content (AvgIpc) is 3.22. The first-order valence-corrected chi connectivity index (χ1v) is 10.7. The van der Waals surface area contributed by atoms with Crippen LogP contribution in [0.1, 0.15) is 22.6 Å². The predicted octanol–water partition coefficient (Wildman–Crippen LogP) is 2.67. The number of halogens is 6. The molecule has 4 N–H and O–H groups in total. The van der Waals surface area contributed by atoms with Crippen molar-refractivity contribution in [2.45, 2.75) is 31.9 Å². The fraction of sp³-hybridized carbons (Fsp3) is 0.381. The van der Waals surface area contributed by atoms with Gasteiger partial charge in [0, 0.05) is 25.0 Å². The van der Waals surface area contributed by atoms with E-state index < -0.39 is 55.0 Å². The van der Waals surface area contributed by atoms with Crippen molar-refractivity contribution in [2.75, 3.05) is 18.5 Å². The number of anilines is 1. The van der Waals surface area contributed by atoms with Crippen molar-refractivity contribution in [1.29, 1.82) is 0 Å². The summed E-state index contributed by atoms with van der Waals surface area (Å²) in [4.78, 5) is 15.6. The first-order valence-electron chi connectivity index (χ1n) is 10.7. The van der Waals surface area contributed by atoms with Gasteiger partial charge in [-0.05, 0) is 24.6 Å². The number of carbonyl (C=O) groups is 1. The van der Waals surface area contributed by atoms with E-state index in [9.17, 15) is 36.2 Å². The van der Waals surface area contributed by atoms with Crippen molar-refractivity contribution in [2.24, 2.45) is 7.05 Å². The number of ether oxygens (including phenoxy) is 1. The fourth-order valence-corrected chi connectivity index (χ4v) is 3.14. The molecule has 0 saturated heterocycles. The van der Waals surface area contributed by atoms with Crippen LogP contribution in [0.25, 0.3) is 11.3 Å². The van der Waals surface area contributed by atoms with Crippen molar-refractivity contribution in [3.63, 3.8) is 0 Å². The highest BCUT2D eigenvalue weighted by Crippen LogP contribution is 2.36. The number of nitrogens with zero attached hydrogens (tertiary/aromatic N) is 5. The normalized spacial score (nSPS) is 12.8. The van der Waals surface area contributed by atoms with Gasteiger partial charge in [-0.3, -0.25) is 4.68 Å². The van der Waals surface area contributed by atoms with Gasteiger partial charge in [-0.2, -0.15) is 36.5 Å². The maximum Gasteiger partial charge on any atom is 0.435 e. The molecule has 1 unspecified atom stereocenters. The van der Waals surface area contributed by atoms with E-state index in [4.69, 9.17) is 9.84 Å². The molecule has 0 radical (unpaired) electrons. The van der Waals surface area contributed by atoms with Crippen molar-refractivity contribution >= 4 is 11.7 Å². The lowest BCUT2D eigenvalue weighted by atomic mass is 10.1. The minimum Gasteiger partial charge on any atom is -0.475 e. The highest BCUT2D eigenvalue weighted by Gasteiger charge is 2.38. The molecule has 0 spiro atoms. The van der Waals surface area contributed by atoms with Gasteiger partial charge in [0.1, 0.15) is 12.7 Å². The molecule has 0 saturated carbocycles. The number of nitrogens with one attached hydrogen (secondary N) is 2. The topological polar surface area (TPSA) is 147 Å². The molecule has 0 aliphatic rings. The monoisotopic (exact) mass is 549 g/mol. The highest BCUT2D eigenvalue weighted by molar-refractivity contribution is 5.89. The molecule has 11 nitrogen and oxygen atoms in total. The van der Waals surface area contributed by atoms with Crippen LogP contribution in [-0.4, -0.2) is 60.5 Å². The molecule has 0 aliphatic heterocycles. The van der Waals surface area contributed by atoms with Gasteiger partial charge in [0.25, 0.3) is 0 Å². The molecule has 1 atom stereocenters. The van der Waals surface area contributed by atoms with Crippen molar-refractivity contribution in [3.05, 3.63) is 47.0 Å². The Kier molecular flexibility index (Phi) is 8.41. The number of aliphatic hydroxyl groups is 2. The molecule has 3 aromatic heterocycles. The Morgan fingerprint density at radius 1 is 1.13 bits per heavy atom. The number of hydrogen-bond donors (Lipinski definition) is 4. The third-order valence-electron chi connectivity index (χ3n) is 4.80. The zero-order chi connectivity index (χ0) is 28.3. The van der Waals surface area contributed by atoms with Gasteiger partial charge in [0.2, 0.25) is 5.88 Å². The molecule has 0 aliphatic carbocycles. The molecule has 38 heavy (non-hydrogen) atoms. The van der Waals surface area contributed by atoms with Crippen LogP contribution in [-0.2, 0) is 25.9 Å². The minimum atomic E-state index is -4.88. The maximum absolute atomic E-state index is 13.3. The standard InChI is InChI=1S/C21H21F6N7O4/c1-10-3-12(31-32-17(10)14-7-34(2)33-18(14)21(25,26)27)6-28-19(37)29-11-4-15(20(22,23)24)30-16(5-11)38-9-13(36)8-35/h3-5,7,13,35-36H,6,8-9H2,1-2H3,(H2,28,29,30,37). The Hall–Kier alpha value is -3.99. The number of rotatable bonds is 8. The van der Waals surface area contributed by atoms with E-state index in [-0.39, 0.29) is 29.2 Å². The summed E-state index contributed by atoms with van der Waals surface area (Å²) in [7, 11) is 1.33. The van der Waals surface area contributed by atoms with Crippen LogP contribution in [0.3, 0.4) is 0 Å². The number of pyridine rings is 1. The third kappa shape index (κ3) is 7.28. The first-order chi connectivity index (χ1) is 17.7. The lowest BCUT2D eigenvalue weighted by Gasteiger charge is -2.14. The van der Waals surface area contributed by atoms with E-state index in [2.05, 4.69) is 30.9 Å². The SMILES string of the molecule is Cc1cc(CNC(=O)Nc2cc(OCC(O)CO)nc(C(F)(F)F)c2)nnc1-c1cn(C)nc1C(F)(F)F. The Balaban J connectivity index is 1.71. The van der Waals surface area contributed by atoms with Gasteiger partial charge in [-0.1, -0.05) is 0 Å². The number of aliphatic hydroxyl groups excluding tert-OH is 2. The number of urea groups is 1. The number of carbonyl (C=O) groups excluding carboxylic acids is 1. The quantitative estimate of drug-likeness (QED) is 0.314. The van der Waals surface area contributed by atoms with Crippen molar-refractivity contribution in [1.82, 2.24) is 30.3 Å². The van der Waals surface area contributed by atoms with E-state index >= 15 is 0 Å². The van der Waals surface area contributed by atoms with Crippen LogP contribution in [0.2, 0.25) is 0 Å². The smallest absolute Gasteiger partial charge is 0.435 e. The molecular formula is C21H21F6N7O4. The Morgan fingerprint density at radius 2 is 1.84 bits per heavy atom. The molecule has 3 heterocycles. The minimum absolute atomic E-state index is 0.0612. The summed E-state index contributed by atoms with van der Waals surface area (Å²) < 4.78 is 85.4. The van der Waals surface area contributed by atoms with Gasteiger partial charge < -0.3 is 25.6 Å². The fourth-order valence-electron chi connectivity index (χ4n) is 3.14. The summed E-state index contributed by atoms with van der Waals surface area (Å²) in [6, 6.07) is 1.98. The second-order valence-corrected chi connectivity index (χ2v) is 7.96. The van der Waals surface area contributed by atoms with Gasteiger partial charge in [0.15, 0.2) is 11.4 Å². The summed E-state index contributed by atoms with van der Waals surface area (Å²) in [5.41, 5.74) is -2.72. The van der Waals surface area contributed by atoms with Gasteiger partial charge in [-0.25, -0.2) is 9.78 Å². The van der Waals surface area contributed by atoms with Gasteiger partial charge in [0.05, 0.1) is 30.1 Å². The van der Waals surface area contributed by atoms with E-state index in [0.717, 1.165) is 16.9 Å². The highest BCUT2D eigenvalue weighted by atomic mass is 19.4. The molecule has 206 valence electrons. The van der Waals surface area contributed by atoms with Crippen LogP contribution >= 0.6 is 0 Å². The second kappa shape index (κ2) is 11.2. The van der Waals surface area contributed by atoms with Crippen LogP contribution in [0.5, 0.6) is 5.88 Å². The molecule has 0 bridgehead atoms. The van der Waals surface area contributed by atoms with Crippen molar-refractivity contribution < 1.29 is 46.1 Å². The largest absolute Gasteiger partial charge is 0.475 e. The van der Waals surface area contributed by atoms with Crippen LogP contribution in [0, 0.1) is 6.92 Å². The first kappa shape index (κ1) is 28.6. The molecule has 3 rings (SSSR count). The summed E-state index contributed by atoms with van der Waals surface area (Å²) >= 11 is 0. The van der Waals surface area contributed by atoms with Crippen molar-refractivity contribution in [3.8, 4) is 17.1 Å². The maximum atomic E-state index is 13.3. The second-order valence-electron chi connectivity index (χ2n) is 7.96. The van der Waals surface area contributed by atoms with E-state index in [0.29, 0.717) is 11.6 Å². The average molecular weight is 549 g/mol. The van der Waals surface area contributed by atoms with E-state index in [1.54, 1.807) is 0 Å². The van der Waals surface area contributed by atoms with E-state index in [1.165, 1.54) is 20.0 Å². The molecule has 17 heteroatoms. The molecule has 0 aromatic carbocycles. The van der Waals surface area contributed by atoms with E-state index in [1.807, 2.05) is 0 Å². The molecular weight excluding hydrogens is 528 g/mol. The summed E-state index contributed by atoms with van der Waals surface area (Å²) in [5.74, 6) is -0.562. The third-order valence-corrected chi connectivity index (χ3v) is 4.80. The number of aryl methyl sites for hydroxylation is 2. The molecule has 0 fully saturated rings. The summed E-state index contributed by atoms with van der Waals surface area (Å²) in [5, 5.41) is 33.7. The molecule has 3 aromatic rings. The zero-order valence-corrected chi connectivity index (χ0v) is 19.7. The zero-order valence-electron chi connectivity index (χ0n) is 19.7. The number of amides is 2. The summed E-state index contributed by atoms with van der Waals surface area (Å²) in [6.07, 6.45) is -9.81. The Morgan fingerprint density at radius 3 is 2.45 bits per heavy atom. The number of hydrogen-bond acceptors (Lipinski definition) is 8. The summed E-state index contributed by atoms with van der Waals surface area (Å²) in [6.45, 7) is -0.0104.